The van der Waals surface area contributed by atoms with Crippen LogP contribution in [0.15, 0.2) is 36.7 Å². The lowest BCUT2D eigenvalue weighted by Gasteiger charge is -2.25. The van der Waals surface area contributed by atoms with Crippen molar-refractivity contribution in [3.63, 3.8) is 0 Å². The summed E-state index contributed by atoms with van der Waals surface area (Å²) in [6.45, 7) is 4.29. The van der Waals surface area contributed by atoms with Gasteiger partial charge < -0.3 is 10.4 Å². The summed E-state index contributed by atoms with van der Waals surface area (Å²) in [5, 5.41) is 17.9. The van der Waals surface area contributed by atoms with Crippen LogP contribution >= 0.6 is 0 Å². The highest BCUT2D eigenvalue weighted by molar-refractivity contribution is 5.17. The van der Waals surface area contributed by atoms with E-state index in [-0.39, 0.29) is 11.9 Å². The molecule has 1 heterocycles. The largest absolute Gasteiger partial charge is 0.384 e. The number of halogens is 1. The Hall–Kier alpha value is -1.72. The van der Waals surface area contributed by atoms with E-state index in [4.69, 9.17) is 0 Å². The second-order valence-electron chi connectivity index (χ2n) is 6.13. The van der Waals surface area contributed by atoms with Crippen LogP contribution in [-0.4, -0.2) is 27.5 Å². The zero-order valence-corrected chi connectivity index (χ0v) is 13.4. The lowest BCUT2D eigenvalue weighted by Crippen LogP contribution is -2.39. The monoisotopic (exact) mass is 305 g/mol. The summed E-state index contributed by atoms with van der Waals surface area (Å²) in [4.78, 5) is 0. The fourth-order valence-electron chi connectivity index (χ4n) is 2.35. The van der Waals surface area contributed by atoms with Crippen LogP contribution in [0.2, 0.25) is 0 Å². The number of benzene rings is 1. The van der Waals surface area contributed by atoms with E-state index in [1.807, 2.05) is 19.3 Å². The Labute approximate surface area is 131 Å². The number of nitrogens with zero attached hydrogens (tertiary/aromatic N) is 2. The molecule has 2 N–H and O–H groups in total. The van der Waals surface area contributed by atoms with E-state index >= 15 is 0 Å². The van der Waals surface area contributed by atoms with Crippen molar-refractivity contribution in [2.24, 2.45) is 7.05 Å². The fraction of sp³-hybridized carbons (Fsp3) is 0.471. The summed E-state index contributed by atoms with van der Waals surface area (Å²) in [6, 6.07) is 6.92. The van der Waals surface area contributed by atoms with Crippen molar-refractivity contribution in [3.8, 4) is 0 Å². The predicted molar refractivity (Wildman–Crippen MR) is 85.0 cm³/mol. The van der Waals surface area contributed by atoms with Crippen LogP contribution < -0.4 is 5.32 Å². The highest BCUT2D eigenvalue weighted by Crippen LogP contribution is 2.19. The zero-order chi connectivity index (χ0) is 16.2. The highest BCUT2D eigenvalue weighted by atomic mass is 19.1. The molecule has 0 spiro atoms. The SMILES string of the molecule is C[C@H](CCc1cccc(F)c1)NC[C@](C)(O)c1cnn(C)c1. The van der Waals surface area contributed by atoms with Crippen molar-refractivity contribution in [1.29, 1.82) is 0 Å². The van der Waals surface area contributed by atoms with Gasteiger partial charge in [-0.3, -0.25) is 4.68 Å². The fourth-order valence-corrected chi connectivity index (χ4v) is 2.35. The molecule has 0 aliphatic heterocycles. The van der Waals surface area contributed by atoms with Gasteiger partial charge >= 0.3 is 0 Å². The average Bonchev–Trinajstić information content (AvgIpc) is 2.91. The molecule has 0 amide bonds. The van der Waals surface area contributed by atoms with Gasteiger partial charge in [0.1, 0.15) is 11.4 Å². The van der Waals surface area contributed by atoms with E-state index in [1.165, 1.54) is 6.07 Å². The Morgan fingerprint density at radius 1 is 1.45 bits per heavy atom. The van der Waals surface area contributed by atoms with Gasteiger partial charge in [-0.05, 0) is 44.4 Å². The van der Waals surface area contributed by atoms with Crippen LogP contribution in [-0.2, 0) is 19.1 Å². The van der Waals surface area contributed by atoms with Gasteiger partial charge in [-0.15, -0.1) is 0 Å². The molecule has 0 aliphatic rings. The molecule has 2 rings (SSSR count). The average molecular weight is 305 g/mol. The molecule has 120 valence electrons. The van der Waals surface area contributed by atoms with Crippen LogP contribution in [0.4, 0.5) is 4.39 Å². The molecule has 0 fully saturated rings. The van der Waals surface area contributed by atoms with Gasteiger partial charge in [0.05, 0.1) is 6.20 Å². The quantitative estimate of drug-likeness (QED) is 0.826. The molecule has 2 atom stereocenters. The zero-order valence-electron chi connectivity index (χ0n) is 13.4. The maximum atomic E-state index is 13.1. The van der Waals surface area contributed by atoms with Gasteiger partial charge in [-0.1, -0.05) is 12.1 Å². The number of hydrogen-bond donors (Lipinski definition) is 2. The summed E-state index contributed by atoms with van der Waals surface area (Å²) in [5.41, 5.74) is 0.828. The predicted octanol–water partition coefficient (Wildman–Crippen LogP) is 2.38. The third-order valence-corrected chi connectivity index (χ3v) is 3.88. The number of nitrogens with one attached hydrogen (secondary N) is 1. The minimum absolute atomic E-state index is 0.197. The minimum atomic E-state index is -0.957. The van der Waals surface area contributed by atoms with Gasteiger partial charge in [0, 0.05) is 31.4 Å². The molecule has 0 bridgehead atoms. The van der Waals surface area contributed by atoms with E-state index in [2.05, 4.69) is 17.3 Å². The Morgan fingerprint density at radius 3 is 2.86 bits per heavy atom. The molecular formula is C17H24FN3O. The molecule has 0 unspecified atom stereocenters. The Balaban J connectivity index is 1.81. The van der Waals surface area contributed by atoms with Crippen LogP contribution in [0.5, 0.6) is 0 Å². The Bertz CT molecular complexity index is 609. The highest BCUT2D eigenvalue weighted by Gasteiger charge is 2.24. The number of hydrogen-bond acceptors (Lipinski definition) is 3. The van der Waals surface area contributed by atoms with Crippen molar-refractivity contribution in [3.05, 3.63) is 53.6 Å². The Kier molecular flexibility index (Phi) is 5.32. The molecule has 1 aromatic heterocycles. The third kappa shape index (κ3) is 4.64. The normalized spacial score (nSPS) is 15.5. The molecule has 0 saturated heterocycles. The van der Waals surface area contributed by atoms with Gasteiger partial charge in [-0.2, -0.15) is 5.10 Å². The first kappa shape index (κ1) is 16.6. The molecule has 1 aromatic carbocycles. The van der Waals surface area contributed by atoms with Gasteiger partial charge in [0.25, 0.3) is 0 Å². The Morgan fingerprint density at radius 2 is 2.23 bits per heavy atom. The number of rotatable bonds is 7. The lowest BCUT2D eigenvalue weighted by molar-refractivity contribution is 0.0540. The summed E-state index contributed by atoms with van der Waals surface area (Å²) >= 11 is 0. The van der Waals surface area contributed by atoms with E-state index < -0.39 is 5.60 Å². The molecule has 5 heteroatoms. The second kappa shape index (κ2) is 7.03. The molecule has 0 aliphatic carbocycles. The van der Waals surface area contributed by atoms with E-state index in [9.17, 15) is 9.50 Å². The topological polar surface area (TPSA) is 50.1 Å². The van der Waals surface area contributed by atoms with E-state index in [1.54, 1.807) is 29.9 Å². The molecule has 4 nitrogen and oxygen atoms in total. The lowest BCUT2D eigenvalue weighted by atomic mass is 9.98. The molecule has 2 aromatic rings. The van der Waals surface area contributed by atoms with Gasteiger partial charge in [0.15, 0.2) is 0 Å². The van der Waals surface area contributed by atoms with E-state index in [0.29, 0.717) is 6.54 Å². The number of aromatic nitrogens is 2. The maximum Gasteiger partial charge on any atom is 0.123 e. The van der Waals surface area contributed by atoms with Gasteiger partial charge in [0.2, 0.25) is 0 Å². The minimum Gasteiger partial charge on any atom is -0.384 e. The van der Waals surface area contributed by atoms with Crippen molar-refractivity contribution in [1.82, 2.24) is 15.1 Å². The van der Waals surface area contributed by atoms with Crippen molar-refractivity contribution in [2.75, 3.05) is 6.54 Å². The van der Waals surface area contributed by atoms with Crippen LogP contribution in [0.3, 0.4) is 0 Å². The van der Waals surface area contributed by atoms with Gasteiger partial charge in [-0.25, -0.2) is 4.39 Å². The second-order valence-corrected chi connectivity index (χ2v) is 6.13. The maximum absolute atomic E-state index is 13.1. The first-order valence-corrected chi connectivity index (χ1v) is 7.56. The first-order valence-electron chi connectivity index (χ1n) is 7.56. The summed E-state index contributed by atoms with van der Waals surface area (Å²) in [7, 11) is 1.83. The molecule has 0 saturated carbocycles. The first-order chi connectivity index (χ1) is 10.4. The van der Waals surface area contributed by atoms with Crippen molar-refractivity contribution in [2.45, 2.75) is 38.3 Å². The number of aryl methyl sites for hydroxylation is 2. The van der Waals surface area contributed by atoms with E-state index in [0.717, 1.165) is 24.0 Å². The summed E-state index contributed by atoms with van der Waals surface area (Å²) in [6.07, 6.45) is 5.19. The third-order valence-electron chi connectivity index (χ3n) is 3.88. The van der Waals surface area contributed by atoms with Crippen LogP contribution in [0, 0.1) is 5.82 Å². The van der Waals surface area contributed by atoms with Crippen molar-refractivity contribution >= 4 is 0 Å². The summed E-state index contributed by atoms with van der Waals surface area (Å²) in [5.74, 6) is -0.197. The molecule has 22 heavy (non-hydrogen) atoms. The standard InChI is InChI=1S/C17H24FN3O/c1-13(7-8-14-5-4-6-16(18)9-14)19-12-17(2,22)15-10-20-21(3)11-15/h4-6,9-11,13,19,22H,7-8,12H2,1-3H3/t13-,17+/m1/s1. The summed E-state index contributed by atoms with van der Waals surface area (Å²) < 4.78 is 14.8. The molecular weight excluding hydrogens is 281 g/mol. The van der Waals surface area contributed by atoms with Crippen LogP contribution in [0.25, 0.3) is 0 Å². The smallest absolute Gasteiger partial charge is 0.123 e. The van der Waals surface area contributed by atoms with Crippen molar-refractivity contribution < 1.29 is 9.50 Å². The number of aliphatic hydroxyl groups is 1. The molecule has 0 radical (unpaired) electrons. The van der Waals surface area contributed by atoms with Crippen LogP contribution in [0.1, 0.15) is 31.4 Å².